The fourth-order valence-corrected chi connectivity index (χ4v) is 3.10. The number of amides is 1. The van der Waals surface area contributed by atoms with Crippen molar-refractivity contribution in [1.82, 2.24) is 4.90 Å². The fourth-order valence-electron chi connectivity index (χ4n) is 3.10. The summed E-state index contributed by atoms with van der Waals surface area (Å²) in [5.41, 5.74) is -0.144. The van der Waals surface area contributed by atoms with Crippen LogP contribution in [-0.4, -0.2) is 35.6 Å². The Balaban J connectivity index is 1.97. The molecule has 1 spiro atoms. The van der Waals surface area contributed by atoms with Crippen LogP contribution in [0, 0.1) is 0 Å². The van der Waals surface area contributed by atoms with Crippen molar-refractivity contribution < 1.29 is 9.53 Å². The largest absolute Gasteiger partial charge is 0.375 e. The molecule has 1 fully saturated rings. The van der Waals surface area contributed by atoms with Gasteiger partial charge in [-0.2, -0.15) is 0 Å². The molecule has 0 bridgehead atoms. The summed E-state index contributed by atoms with van der Waals surface area (Å²) >= 11 is 0. The third-order valence-electron chi connectivity index (χ3n) is 3.83. The number of hydrogen-bond acceptors (Lipinski definition) is 2. The Labute approximate surface area is 95.8 Å². The molecule has 0 unspecified atom stereocenters. The molecule has 0 aliphatic carbocycles. The van der Waals surface area contributed by atoms with E-state index in [1.165, 1.54) is 0 Å². The van der Waals surface area contributed by atoms with Crippen molar-refractivity contribution in [2.24, 2.45) is 0 Å². The Hall–Kier alpha value is -1.09. The molecule has 16 heavy (non-hydrogen) atoms. The van der Waals surface area contributed by atoms with Crippen LogP contribution in [-0.2, 0) is 9.53 Å². The van der Waals surface area contributed by atoms with E-state index in [0.29, 0.717) is 25.7 Å². The highest BCUT2D eigenvalue weighted by Crippen LogP contribution is 2.39. The van der Waals surface area contributed by atoms with Gasteiger partial charge in [-0.3, -0.25) is 4.79 Å². The number of allylic oxidation sites excluding steroid dienone is 1. The van der Waals surface area contributed by atoms with E-state index in [-0.39, 0.29) is 11.4 Å². The molecule has 0 aromatic rings. The molecule has 2 atom stereocenters. The van der Waals surface area contributed by atoms with Crippen molar-refractivity contribution in [2.75, 3.05) is 13.2 Å². The lowest BCUT2D eigenvalue weighted by atomic mass is 9.95. The molecule has 3 rings (SSSR count). The average molecular weight is 219 g/mol. The van der Waals surface area contributed by atoms with E-state index < -0.39 is 0 Å². The molecule has 86 valence electrons. The number of fused-ring (bicyclic) bond motifs is 2. The molecule has 3 heterocycles. The van der Waals surface area contributed by atoms with Gasteiger partial charge in [0.25, 0.3) is 0 Å². The number of ether oxygens (including phenoxy) is 1. The second-order valence-electron chi connectivity index (χ2n) is 4.86. The van der Waals surface area contributed by atoms with Gasteiger partial charge < -0.3 is 9.64 Å². The van der Waals surface area contributed by atoms with Crippen LogP contribution in [0.1, 0.15) is 25.7 Å². The predicted molar refractivity (Wildman–Crippen MR) is 60.9 cm³/mol. The van der Waals surface area contributed by atoms with Crippen molar-refractivity contribution in [3.05, 3.63) is 24.3 Å². The van der Waals surface area contributed by atoms with Crippen molar-refractivity contribution in [2.45, 2.75) is 37.3 Å². The second-order valence-corrected chi connectivity index (χ2v) is 4.86. The third kappa shape index (κ3) is 1.42. The highest BCUT2D eigenvalue weighted by Gasteiger charge is 2.47. The topological polar surface area (TPSA) is 29.5 Å². The van der Waals surface area contributed by atoms with Gasteiger partial charge in [-0.05, 0) is 19.3 Å². The molecular weight excluding hydrogens is 202 g/mol. The summed E-state index contributed by atoms with van der Waals surface area (Å²) in [4.78, 5) is 14.2. The van der Waals surface area contributed by atoms with Gasteiger partial charge >= 0.3 is 0 Å². The Morgan fingerprint density at radius 2 is 2.38 bits per heavy atom. The van der Waals surface area contributed by atoms with Crippen LogP contribution in [0.15, 0.2) is 24.3 Å². The van der Waals surface area contributed by atoms with Gasteiger partial charge in [0, 0.05) is 6.42 Å². The molecule has 3 aliphatic heterocycles. The molecular formula is C13H17NO2. The summed E-state index contributed by atoms with van der Waals surface area (Å²) in [6.07, 6.45) is 12.2. The smallest absolute Gasteiger partial charge is 0.224 e. The molecule has 1 saturated heterocycles. The van der Waals surface area contributed by atoms with Gasteiger partial charge in [0.2, 0.25) is 5.91 Å². The minimum Gasteiger partial charge on any atom is -0.375 e. The fraction of sp³-hybridized carbons (Fsp3) is 0.615. The standard InChI is InChI=1S/C13H17NO2/c15-12-5-2-1-4-11-6-8-13(14(11)12)7-3-9-16-10-13/h1,3-4,7,11H,2,5-6,8-10H2/t11-,13+/m0/s1. The number of carbonyl (C=O) groups excluding carboxylic acids is 1. The third-order valence-corrected chi connectivity index (χ3v) is 3.83. The lowest BCUT2D eigenvalue weighted by Gasteiger charge is -2.39. The molecule has 0 aromatic carbocycles. The monoisotopic (exact) mass is 219 g/mol. The first-order chi connectivity index (χ1) is 7.82. The van der Waals surface area contributed by atoms with Crippen LogP contribution >= 0.6 is 0 Å². The highest BCUT2D eigenvalue weighted by molar-refractivity contribution is 5.79. The van der Waals surface area contributed by atoms with E-state index in [2.05, 4.69) is 23.1 Å². The van der Waals surface area contributed by atoms with Gasteiger partial charge in [-0.1, -0.05) is 24.3 Å². The van der Waals surface area contributed by atoms with E-state index in [4.69, 9.17) is 4.74 Å². The molecule has 3 heteroatoms. The molecule has 0 aromatic heterocycles. The van der Waals surface area contributed by atoms with Gasteiger partial charge in [0.05, 0.1) is 24.8 Å². The maximum absolute atomic E-state index is 12.2. The summed E-state index contributed by atoms with van der Waals surface area (Å²) in [6.45, 7) is 1.35. The summed E-state index contributed by atoms with van der Waals surface area (Å²) in [5.74, 6) is 0.280. The minimum atomic E-state index is -0.144. The van der Waals surface area contributed by atoms with E-state index in [9.17, 15) is 4.79 Å². The normalized spacial score (nSPS) is 37.9. The molecule has 0 saturated carbocycles. The van der Waals surface area contributed by atoms with Gasteiger partial charge in [-0.15, -0.1) is 0 Å². The van der Waals surface area contributed by atoms with Crippen molar-refractivity contribution >= 4 is 5.91 Å². The van der Waals surface area contributed by atoms with Crippen molar-refractivity contribution in [3.8, 4) is 0 Å². The first-order valence-electron chi connectivity index (χ1n) is 6.06. The second kappa shape index (κ2) is 3.74. The van der Waals surface area contributed by atoms with E-state index in [0.717, 1.165) is 19.3 Å². The lowest BCUT2D eigenvalue weighted by Crippen LogP contribution is -2.52. The highest BCUT2D eigenvalue weighted by atomic mass is 16.5. The van der Waals surface area contributed by atoms with Crippen LogP contribution in [0.4, 0.5) is 0 Å². The zero-order chi connectivity index (χ0) is 11.0. The SMILES string of the molecule is O=C1CCC=C[C@H]2CC[C@@]3(C=CCOC3)N12. The Bertz CT molecular complexity index is 361. The van der Waals surface area contributed by atoms with Crippen LogP contribution in [0.25, 0.3) is 0 Å². The van der Waals surface area contributed by atoms with Crippen molar-refractivity contribution in [1.29, 1.82) is 0 Å². The maximum Gasteiger partial charge on any atom is 0.224 e. The molecule has 1 amide bonds. The van der Waals surface area contributed by atoms with Crippen LogP contribution in [0.5, 0.6) is 0 Å². The summed E-state index contributed by atoms with van der Waals surface area (Å²) < 4.78 is 5.54. The van der Waals surface area contributed by atoms with E-state index >= 15 is 0 Å². The lowest BCUT2D eigenvalue weighted by molar-refractivity contribution is -0.137. The van der Waals surface area contributed by atoms with Gasteiger partial charge in [0.1, 0.15) is 0 Å². The summed E-state index contributed by atoms with van der Waals surface area (Å²) in [7, 11) is 0. The number of nitrogens with zero attached hydrogens (tertiary/aromatic N) is 1. The molecule has 0 radical (unpaired) electrons. The Kier molecular flexibility index (Phi) is 2.36. The van der Waals surface area contributed by atoms with E-state index in [1.54, 1.807) is 0 Å². The van der Waals surface area contributed by atoms with E-state index in [1.807, 2.05) is 6.08 Å². The summed E-state index contributed by atoms with van der Waals surface area (Å²) in [5, 5.41) is 0. The van der Waals surface area contributed by atoms with Crippen molar-refractivity contribution in [3.63, 3.8) is 0 Å². The zero-order valence-electron chi connectivity index (χ0n) is 9.39. The molecule has 3 aliphatic rings. The zero-order valence-corrected chi connectivity index (χ0v) is 9.39. The number of carbonyl (C=O) groups is 1. The first-order valence-corrected chi connectivity index (χ1v) is 6.06. The van der Waals surface area contributed by atoms with Gasteiger partial charge in [-0.25, -0.2) is 0 Å². The van der Waals surface area contributed by atoms with Crippen LogP contribution in [0.2, 0.25) is 0 Å². The maximum atomic E-state index is 12.2. The quantitative estimate of drug-likeness (QED) is 0.580. The molecule has 0 N–H and O–H groups in total. The Morgan fingerprint density at radius 1 is 1.44 bits per heavy atom. The van der Waals surface area contributed by atoms with Crippen LogP contribution in [0.3, 0.4) is 0 Å². The predicted octanol–water partition coefficient (Wildman–Crippen LogP) is 1.65. The van der Waals surface area contributed by atoms with Crippen LogP contribution < -0.4 is 0 Å². The van der Waals surface area contributed by atoms with Gasteiger partial charge in [0.15, 0.2) is 0 Å². The molecule has 3 nitrogen and oxygen atoms in total. The average Bonchev–Trinajstić information content (AvgIpc) is 2.52. The minimum absolute atomic E-state index is 0.144. The number of hydrogen-bond donors (Lipinski definition) is 0. The first kappa shape index (κ1) is 10.1. The summed E-state index contributed by atoms with van der Waals surface area (Å²) in [6, 6.07) is 0.293. The number of rotatable bonds is 0. The Morgan fingerprint density at radius 3 is 3.19 bits per heavy atom.